The first-order valence-corrected chi connectivity index (χ1v) is 5.14. The molecule has 0 aromatic carbocycles. The molecule has 4 nitrogen and oxygen atoms in total. The number of carbonyl (C=O) groups is 1. The van der Waals surface area contributed by atoms with E-state index in [4.69, 9.17) is 5.84 Å². The first kappa shape index (κ1) is 11.5. The third-order valence-electron chi connectivity index (χ3n) is 3.00. The van der Waals surface area contributed by atoms with Gasteiger partial charge in [0, 0.05) is 33.1 Å². The highest BCUT2D eigenvalue weighted by Gasteiger charge is 2.36. The van der Waals surface area contributed by atoms with Crippen molar-refractivity contribution in [3.63, 3.8) is 0 Å². The summed E-state index contributed by atoms with van der Waals surface area (Å²) in [4.78, 5) is 13.6. The first-order chi connectivity index (χ1) is 6.43. The molecule has 1 rings (SSSR count). The number of hydrogen-bond donors (Lipinski definition) is 1. The van der Waals surface area contributed by atoms with Crippen molar-refractivity contribution < 1.29 is 4.79 Å². The molecule has 0 aromatic rings. The van der Waals surface area contributed by atoms with Crippen molar-refractivity contribution in [2.24, 2.45) is 23.6 Å². The summed E-state index contributed by atoms with van der Waals surface area (Å²) >= 11 is 0. The Hall–Kier alpha value is -0.610. The van der Waals surface area contributed by atoms with Crippen LogP contribution >= 0.6 is 0 Å². The lowest BCUT2D eigenvalue weighted by Crippen LogP contribution is -2.52. The van der Waals surface area contributed by atoms with Crippen LogP contribution in [0.2, 0.25) is 0 Å². The van der Waals surface area contributed by atoms with E-state index in [1.54, 1.807) is 4.90 Å². The Bertz CT molecular complexity index is 205. The fraction of sp³-hybridized carbons (Fsp3) is 0.900. The van der Waals surface area contributed by atoms with Gasteiger partial charge in [0.15, 0.2) is 0 Å². The van der Waals surface area contributed by atoms with Crippen LogP contribution in [0.5, 0.6) is 0 Å². The van der Waals surface area contributed by atoms with Crippen LogP contribution in [-0.4, -0.2) is 43.0 Å². The van der Waals surface area contributed by atoms with E-state index < -0.39 is 0 Å². The second-order valence-corrected chi connectivity index (χ2v) is 4.67. The van der Waals surface area contributed by atoms with Gasteiger partial charge in [-0.2, -0.15) is 0 Å². The van der Waals surface area contributed by atoms with Gasteiger partial charge in [0.05, 0.1) is 0 Å². The molecule has 2 unspecified atom stereocenters. The molecular formula is C10H21N3O. The van der Waals surface area contributed by atoms with Crippen LogP contribution in [0.4, 0.5) is 0 Å². The predicted octanol–water partition coefficient (Wildman–Crippen LogP) is 0.152. The van der Waals surface area contributed by atoms with E-state index >= 15 is 0 Å². The molecule has 0 bridgehead atoms. The van der Waals surface area contributed by atoms with Gasteiger partial charge >= 0.3 is 0 Å². The van der Waals surface area contributed by atoms with E-state index in [9.17, 15) is 4.79 Å². The lowest BCUT2D eigenvalue weighted by atomic mass is 9.79. The van der Waals surface area contributed by atoms with Crippen molar-refractivity contribution in [2.45, 2.75) is 13.8 Å². The van der Waals surface area contributed by atoms with E-state index in [0.717, 1.165) is 13.1 Å². The summed E-state index contributed by atoms with van der Waals surface area (Å²) in [5, 5.41) is 1.81. The van der Waals surface area contributed by atoms with Gasteiger partial charge < -0.3 is 4.90 Å². The number of piperidine rings is 1. The van der Waals surface area contributed by atoms with Gasteiger partial charge in [-0.25, -0.2) is 5.01 Å². The van der Waals surface area contributed by atoms with Crippen molar-refractivity contribution in [3.8, 4) is 0 Å². The highest BCUT2D eigenvalue weighted by atomic mass is 16.2. The predicted molar refractivity (Wildman–Crippen MR) is 56.3 cm³/mol. The summed E-state index contributed by atoms with van der Waals surface area (Å²) in [5.41, 5.74) is 0. The molecule has 1 amide bonds. The number of hydrazine groups is 1. The summed E-state index contributed by atoms with van der Waals surface area (Å²) in [6, 6.07) is 0. The number of amides is 1. The topological polar surface area (TPSA) is 49.6 Å². The van der Waals surface area contributed by atoms with Gasteiger partial charge in [0.1, 0.15) is 0 Å². The molecule has 4 heteroatoms. The smallest absolute Gasteiger partial charge is 0.225 e. The summed E-state index contributed by atoms with van der Waals surface area (Å²) in [5.74, 6) is 6.82. The molecule has 0 saturated carbocycles. The molecule has 0 spiro atoms. The maximum atomic E-state index is 11.9. The SMILES string of the molecule is CC1CN(N)CC(C)C1C(=O)N(C)C. The maximum absolute atomic E-state index is 11.9. The largest absolute Gasteiger partial charge is 0.349 e. The molecule has 1 aliphatic heterocycles. The molecule has 0 aromatic heterocycles. The minimum Gasteiger partial charge on any atom is -0.349 e. The molecular weight excluding hydrogens is 178 g/mol. The number of hydrogen-bond acceptors (Lipinski definition) is 3. The molecule has 14 heavy (non-hydrogen) atoms. The highest BCUT2D eigenvalue weighted by Crippen LogP contribution is 2.28. The van der Waals surface area contributed by atoms with Gasteiger partial charge in [-0.3, -0.25) is 10.6 Å². The summed E-state index contributed by atoms with van der Waals surface area (Å²) in [6.07, 6.45) is 0. The standard InChI is InChI=1S/C10H21N3O/c1-7-5-13(11)6-8(2)9(7)10(14)12(3)4/h7-9H,5-6,11H2,1-4H3. The van der Waals surface area contributed by atoms with Crippen molar-refractivity contribution in [3.05, 3.63) is 0 Å². The normalized spacial score (nSPS) is 34.2. The van der Waals surface area contributed by atoms with Gasteiger partial charge in [-0.1, -0.05) is 13.8 Å². The molecule has 2 atom stereocenters. The van der Waals surface area contributed by atoms with E-state index in [0.29, 0.717) is 11.8 Å². The van der Waals surface area contributed by atoms with E-state index in [1.165, 1.54) is 0 Å². The zero-order valence-electron chi connectivity index (χ0n) is 9.53. The van der Waals surface area contributed by atoms with Crippen LogP contribution in [0.3, 0.4) is 0 Å². The average molecular weight is 199 g/mol. The summed E-state index contributed by atoms with van der Waals surface area (Å²) in [7, 11) is 3.63. The molecule has 1 heterocycles. The third-order valence-corrected chi connectivity index (χ3v) is 3.00. The Morgan fingerprint density at radius 3 is 2.07 bits per heavy atom. The Labute approximate surface area is 86.0 Å². The molecule has 2 N–H and O–H groups in total. The van der Waals surface area contributed by atoms with Crippen molar-refractivity contribution >= 4 is 5.91 Å². The number of rotatable bonds is 1. The van der Waals surface area contributed by atoms with Crippen LogP contribution in [0.15, 0.2) is 0 Å². The second-order valence-electron chi connectivity index (χ2n) is 4.67. The summed E-state index contributed by atoms with van der Waals surface area (Å²) < 4.78 is 0. The minimum absolute atomic E-state index is 0.129. The third kappa shape index (κ3) is 2.25. The molecule has 1 saturated heterocycles. The zero-order valence-corrected chi connectivity index (χ0v) is 9.53. The zero-order chi connectivity index (χ0) is 10.9. The van der Waals surface area contributed by atoms with Crippen LogP contribution in [0.1, 0.15) is 13.8 Å². The molecule has 0 aliphatic carbocycles. The molecule has 1 fully saturated rings. The van der Waals surface area contributed by atoms with Gasteiger partial charge in [-0.15, -0.1) is 0 Å². The maximum Gasteiger partial charge on any atom is 0.225 e. The molecule has 0 radical (unpaired) electrons. The number of carbonyl (C=O) groups excluding carboxylic acids is 1. The van der Waals surface area contributed by atoms with Gasteiger partial charge in [-0.05, 0) is 11.8 Å². The van der Waals surface area contributed by atoms with E-state index in [-0.39, 0.29) is 11.8 Å². The van der Waals surface area contributed by atoms with Gasteiger partial charge in [0.2, 0.25) is 5.91 Å². The Morgan fingerprint density at radius 1 is 1.29 bits per heavy atom. The Morgan fingerprint density at radius 2 is 1.71 bits per heavy atom. The highest BCUT2D eigenvalue weighted by molar-refractivity contribution is 5.79. The van der Waals surface area contributed by atoms with Crippen molar-refractivity contribution in [1.29, 1.82) is 0 Å². The molecule has 82 valence electrons. The van der Waals surface area contributed by atoms with Crippen LogP contribution < -0.4 is 5.84 Å². The van der Waals surface area contributed by atoms with Crippen LogP contribution in [0.25, 0.3) is 0 Å². The number of nitrogens with zero attached hydrogens (tertiary/aromatic N) is 2. The van der Waals surface area contributed by atoms with Crippen molar-refractivity contribution in [1.82, 2.24) is 9.91 Å². The fourth-order valence-corrected chi connectivity index (χ4v) is 2.39. The molecule has 1 aliphatic rings. The fourth-order valence-electron chi connectivity index (χ4n) is 2.39. The van der Waals surface area contributed by atoms with Crippen LogP contribution in [-0.2, 0) is 4.79 Å². The lowest BCUT2D eigenvalue weighted by molar-refractivity contribution is -0.139. The average Bonchev–Trinajstić information content (AvgIpc) is 2.01. The second kappa shape index (κ2) is 4.28. The van der Waals surface area contributed by atoms with E-state index in [2.05, 4.69) is 13.8 Å². The number of nitrogens with two attached hydrogens (primary N) is 1. The van der Waals surface area contributed by atoms with Crippen molar-refractivity contribution in [2.75, 3.05) is 27.2 Å². The van der Waals surface area contributed by atoms with Crippen LogP contribution in [0, 0.1) is 17.8 Å². The monoisotopic (exact) mass is 199 g/mol. The summed E-state index contributed by atoms with van der Waals surface area (Å²) in [6.45, 7) is 5.83. The quantitative estimate of drug-likeness (QED) is 0.612. The first-order valence-electron chi connectivity index (χ1n) is 5.14. The van der Waals surface area contributed by atoms with Gasteiger partial charge in [0.25, 0.3) is 0 Å². The Balaban J connectivity index is 2.72. The van der Waals surface area contributed by atoms with E-state index in [1.807, 2.05) is 19.1 Å². The Kier molecular flexibility index (Phi) is 3.50. The lowest BCUT2D eigenvalue weighted by Gasteiger charge is -2.39. The minimum atomic E-state index is 0.129.